The average molecular weight is 292 g/mol. The fourth-order valence-corrected chi connectivity index (χ4v) is 4.01. The van der Waals surface area contributed by atoms with Crippen molar-refractivity contribution in [3.63, 3.8) is 0 Å². The molecule has 0 radical (unpaired) electrons. The van der Waals surface area contributed by atoms with Crippen LogP contribution >= 0.6 is 11.8 Å². The van der Waals surface area contributed by atoms with Crippen molar-refractivity contribution >= 4 is 11.8 Å². The zero-order valence-corrected chi connectivity index (χ0v) is 13.9. The van der Waals surface area contributed by atoms with E-state index in [-0.39, 0.29) is 0 Å². The van der Waals surface area contributed by atoms with Gasteiger partial charge in [-0.05, 0) is 24.7 Å². The second kappa shape index (κ2) is 7.48. The zero-order chi connectivity index (χ0) is 14.4. The molecule has 1 atom stereocenters. The molecule has 1 aliphatic heterocycles. The van der Waals surface area contributed by atoms with Crippen LogP contribution in [0.1, 0.15) is 38.3 Å². The van der Waals surface area contributed by atoms with E-state index in [0.29, 0.717) is 10.8 Å². The first-order valence-corrected chi connectivity index (χ1v) is 9.02. The maximum absolute atomic E-state index is 3.55. The number of nitrogens with zero attached hydrogens (tertiary/aromatic N) is 1. The molecular formula is C17H28N2S. The van der Waals surface area contributed by atoms with E-state index in [2.05, 4.69) is 60.7 Å². The fraction of sp³-hybridized carbons (Fsp3) is 0.647. The van der Waals surface area contributed by atoms with Crippen molar-refractivity contribution in [3.05, 3.63) is 35.9 Å². The van der Waals surface area contributed by atoms with Crippen molar-refractivity contribution in [1.82, 2.24) is 10.2 Å². The van der Waals surface area contributed by atoms with Gasteiger partial charge in [-0.25, -0.2) is 0 Å². The molecule has 0 bridgehead atoms. The molecule has 112 valence electrons. The predicted octanol–water partition coefficient (Wildman–Crippen LogP) is 3.55. The summed E-state index contributed by atoms with van der Waals surface area (Å²) >= 11 is 2.05. The van der Waals surface area contributed by atoms with E-state index in [0.717, 1.165) is 19.6 Å². The van der Waals surface area contributed by atoms with Gasteiger partial charge in [-0.3, -0.25) is 4.90 Å². The third-order valence-electron chi connectivity index (χ3n) is 4.75. The summed E-state index contributed by atoms with van der Waals surface area (Å²) in [6, 6.07) is 11.5. The molecule has 0 amide bonds. The molecule has 3 heteroatoms. The summed E-state index contributed by atoms with van der Waals surface area (Å²) in [4.78, 5) is 2.69. The molecule has 1 aromatic rings. The van der Waals surface area contributed by atoms with Gasteiger partial charge in [0.2, 0.25) is 0 Å². The van der Waals surface area contributed by atoms with Crippen LogP contribution in [0.5, 0.6) is 0 Å². The molecule has 0 aromatic heterocycles. The third kappa shape index (κ3) is 3.57. The molecule has 2 nitrogen and oxygen atoms in total. The van der Waals surface area contributed by atoms with Crippen LogP contribution in [0.25, 0.3) is 0 Å². The second-order valence-corrected chi connectivity index (χ2v) is 6.97. The van der Waals surface area contributed by atoms with Crippen LogP contribution < -0.4 is 5.32 Å². The molecule has 1 heterocycles. The van der Waals surface area contributed by atoms with Crippen molar-refractivity contribution in [2.75, 3.05) is 32.4 Å². The molecule has 0 saturated carbocycles. The van der Waals surface area contributed by atoms with Gasteiger partial charge in [-0.2, -0.15) is 11.8 Å². The average Bonchev–Trinajstić information content (AvgIpc) is 2.54. The van der Waals surface area contributed by atoms with Gasteiger partial charge in [0.1, 0.15) is 0 Å². The molecule has 0 spiro atoms. The summed E-state index contributed by atoms with van der Waals surface area (Å²) in [5, 5.41) is 3.55. The number of piperazine rings is 1. The van der Waals surface area contributed by atoms with Crippen LogP contribution in [0.15, 0.2) is 30.3 Å². The lowest BCUT2D eigenvalue weighted by molar-refractivity contribution is 0.143. The molecular weight excluding hydrogens is 264 g/mol. The number of rotatable bonds is 6. The molecule has 20 heavy (non-hydrogen) atoms. The first-order valence-electron chi connectivity index (χ1n) is 7.79. The summed E-state index contributed by atoms with van der Waals surface area (Å²) in [5.41, 5.74) is 1.45. The number of thioether (sulfide) groups is 1. The first kappa shape index (κ1) is 15.9. The van der Waals surface area contributed by atoms with Gasteiger partial charge in [0.05, 0.1) is 0 Å². The van der Waals surface area contributed by atoms with Crippen LogP contribution in [0.4, 0.5) is 0 Å². The monoisotopic (exact) mass is 292 g/mol. The highest BCUT2D eigenvalue weighted by Crippen LogP contribution is 2.34. The molecule has 0 aliphatic carbocycles. The maximum Gasteiger partial charge on any atom is 0.0473 e. The topological polar surface area (TPSA) is 15.3 Å². The van der Waals surface area contributed by atoms with E-state index >= 15 is 0 Å². The fourth-order valence-electron chi connectivity index (χ4n) is 3.14. The number of nitrogens with one attached hydrogen (secondary N) is 1. The minimum absolute atomic E-state index is 0.407. The van der Waals surface area contributed by atoms with E-state index in [9.17, 15) is 0 Å². The van der Waals surface area contributed by atoms with Crippen molar-refractivity contribution in [2.24, 2.45) is 0 Å². The summed E-state index contributed by atoms with van der Waals surface area (Å²) in [7, 11) is 0. The lowest BCUT2D eigenvalue weighted by atomic mass is 9.97. The van der Waals surface area contributed by atoms with Crippen molar-refractivity contribution in [2.45, 2.75) is 37.5 Å². The van der Waals surface area contributed by atoms with E-state index in [1.165, 1.54) is 24.9 Å². The molecule has 1 saturated heterocycles. The van der Waals surface area contributed by atoms with Crippen molar-refractivity contribution in [1.29, 1.82) is 0 Å². The van der Waals surface area contributed by atoms with Crippen LogP contribution in [-0.4, -0.2) is 42.1 Å². The highest BCUT2D eigenvalue weighted by molar-refractivity contribution is 8.00. The Morgan fingerprint density at radius 3 is 2.55 bits per heavy atom. The van der Waals surface area contributed by atoms with Gasteiger partial charge >= 0.3 is 0 Å². The predicted molar refractivity (Wildman–Crippen MR) is 90.5 cm³/mol. The lowest BCUT2D eigenvalue weighted by Gasteiger charge is -2.42. The molecule has 2 rings (SSSR count). The molecule has 1 unspecified atom stereocenters. The SMILES string of the molecule is CCC(CC)(CN1CCNCC1c1ccccc1)SC. The Balaban J connectivity index is 2.15. The van der Waals surface area contributed by atoms with Gasteiger partial charge in [0.25, 0.3) is 0 Å². The van der Waals surface area contributed by atoms with Crippen LogP contribution in [0.2, 0.25) is 0 Å². The zero-order valence-electron chi connectivity index (χ0n) is 13.1. The van der Waals surface area contributed by atoms with E-state index in [4.69, 9.17) is 0 Å². The summed E-state index contributed by atoms with van der Waals surface area (Å²) in [6.07, 6.45) is 4.76. The van der Waals surface area contributed by atoms with Crippen LogP contribution in [0.3, 0.4) is 0 Å². The van der Waals surface area contributed by atoms with Crippen LogP contribution in [-0.2, 0) is 0 Å². The Bertz CT molecular complexity index is 381. The Kier molecular flexibility index (Phi) is 5.94. The van der Waals surface area contributed by atoms with Gasteiger partial charge in [-0.1, -0.05) is 44.2 Å². The summed E-state index contributed by atoms with van der Waals surface area (Å²) < 4.78 is 0.407. The molecule has 1 aromatic carbocycles. The molecule has 1 fully saturated rings. The van der Waals surface area contributed by atoms with Gasteiger partial charge in [-0.15, -0.1) is 0 Å². The smallest absolute Gasteiger partial charge is 0.0473 e. The Labute approximate surface area is 128 Å². The largest absolute Gasteiger partial charge is 0.314 e. The number of hydrogen-bond donors (Lipinski definition) is 1. The third-order valence-corrected chi connectivity index (χ3v) is 6.32. The first-order chi connectivity index (χ1) is 9.74. The quantitative estimate of drug-likeness (QED) is 0.863. The maximum atomic E-state index is 3.55. The van der Waals surface area contributed by atoms with Gasteiger partial charge in [0, 0.05) is 37.0 Å². The second-order valence-electron chi connectivity index (χ2n) is 5.70. The van der Waals surface area contributed by atoms with Gasteiger partial charge in [0.15, 0.2) is 0 Å². The summed E-state index contributed by atoms with van der Waals surface area (Å²) in [5.74, 6) is 0. The highest BCUT2D eigenvalue weighted by Gasteiger charge is 2.32. The van der Waals surface area contributed by atoms with Crippen molar-refractivity contribution < 1.29 is 0 Å². The van der Waals surface area contributed by atoms with E-state index < -0.39 is 0 Å². The van der Waals surface area contributed by atoms with E-state index in [1.807, 2.05) is 11.8 Å². The Morgan fingerprint density at radius 2 is 1.95 bits per heavy atom. The normalized spacial score (nSPS) is 21.1. The standard InChI is InChI=1S/C17H28N2S/c1-4-17(5-2,20-3)14-19-12-11-18-13-16(19)15-9-7-6-8-10-15/h6-10,16,18H,4-5,11-14H2,1-3H3. The lowest BCUT2D eigenvalue weighted by Crippen LogP contribution is -2.51. The Morgan fingerprint density at radius 1 is 1.25 bits per heavy atom. The highest BCUT2D eigenvalue weighted by atomic mass is 32.2. The number of hydrogen-bond acceptors (Lipinski definition) is 3. The van der Waals surface area contributed by atoms with E-state index in [1.54, 1.807) is 0 Å². The Hall–Kier alpha value is -0.510. The minimum atomic E-state index is 0.407. The minimum Gasteiger partial charge on any atom is -0.314 e. The number of benzene rings is 1. The molecule has 1 aliphatic rings. The van der Waals surface area contributed by atoms with Crippen molar-refractivity contribution in [3.8, 4) is 0 Å². The molecule has 1 N–H and O–H groups in total. The summed E-state index contributed by atoms with van der Waals surface area (Å²) in [6.45, 7) is 9.20. The van der Waals surface area contributed by atoms with Crippen LogP contribution in [0, 0.1) is 0 Å². The van der Waals surface area contributed by atoms with Gasteiger partial charge < -0.3 is 5.32 Å².